The van der Waals surface area contributed by atoms with Crippen molar-refractivity contribution >= 4 is 6.29 Å². The van der Waals surface area contributed by atoms with Gasteiger partial charge in [0.1, 0.15) is 24.4 Å². The van der Waals surface area contributed by atoms with Crippen LogP contribution in [0, 0.1) is 0 Å². The van der Waals surface area contributed by atoms with E-state index < -0.39 is 30.2 Å². The molecule has 4 atom stereocenters. The molecule has 0 aliphatic carbocycles. The molecule has 0 radical (unpaired) electrons. The standard InChI is InChI=1S/C9H16O6/c1-9(2)14-4-6(12)8(15-9)7(13)5(11)3-10/h3,5-8,11-13H,4H2,1-2H3/t5-,6+,7+,8-/m0/s1. The van der Waals surface area contributed by atoms with Crippen LogP contribution in [0.15, 0.2) is 0 Å². The minimum absolute atomic E-state index is 0.0136. The highest BCUT2D eigenvalue weighted by Crippen LogP contribution is 2.25. The Morgan fingerprint density at radius 1 is 1.47 bits per heavy atom. The predicted octanol–water partition coefficient (Wildman–Crippen LogP) is -1.58. The van der Waals surface area contributed by atoms with Crippen LogP contribution in [0.5, 0.6) is 0 Å². The van der Waals surface area contributed by atoms with Crippen molar-refractivity contribution in [2.45, 2.75) is 44.1 Å². The number of rotatable bonds is 3. The fourth-order valence-electron chi connectivity index (χ4n) is 1.39. The van der Waals surface area contributed by atoms with E-state index in [9.17, 15) is 15.0 Å². The molecule has 1 saturated heterocycles. The van der Waals surface area contributed by atoms with Crippen molar-refractivity contribution < 1.29 is 29.6 Å². The molecule has 0 aromatic rings. The van der Waals surface area contributed by atoms with Crippen molar-refractivity contribution in [2.24, 2.45) is 0 Å². The summed E-state index contributed by atoms with van der Waals surface area (Å²) in [6.45, 7) is 3.22. The van der Waals surface area contributed by atoms with Gasteiger partial charge in [-0.05, 0) is 13.8 Å². The van der Waals surface area contributed by atoms with E-state index in [-0.39, 0.29) is 12.9 Å². The van der Waals surface area contributed by atoms with Crippen LogP contribution in [-0.4, -0.2) is 58.4 Å². The van der Waals surface area contributed by atoms with Crippen LogP contribution < -0.4 is 0 Å². The second-order valence-electron chi connectivity index (χ2n) is 3.98. The van der Waals surface area contributed by atoms with Crippen LogP contribution in [0.25, 0.3) is 0 Å². The number of carbonyl (C=O) groups is 1. The third-order valence-electron chi connectivity index (χ3n) is 2.23. The van der Waals surface area contributed by atoms with Gasteiger partial charge in [-0.1, -0.05) is 0 Å². The largest absolute Gasteiger partial charge is 0.388 e. The van der Waals surface area contributed by atoms with Crippen molar-refractivity contribution in [3.63, 3.8) is 0 Å². The Labute approximate surface area is 87.4 Å². The zero-order valence-corrected chi connectivity index (χ0v) is 8.66. The van der Waals surface area contributed by atoms with Gasteiger partial charge in [-0.2, -0.15) is 0 Å². The maximum atomic E-state index is 10.3. The van der Waals surface area contributed by atoms with Crippen LogP contribution >= 0.6 is 0 Å². The van der Waals surface area contributed by atoms with Crippen molar-refractivity contribution in [1.29, 1.82) is 0 Å². The highest BCUT2D eigenvalue weighted by molar-refractivity contribution is 5.56. The summed E-state index contributed by atoms with van der Waals surface area (Å²) in [6.07, 6.45) is -4.93. The second kappa shape index (κ2) is 4.54. The lowest BCUT2D eigenvalue weighted by atomic mass is 10.0. The summed E-state index contributed by atoms with van der Waals surface area (Å²) in [6, 6.07) is 0. The van der Waals surface area contributed by atoms with E-state index in [0.717, 1.165) is 0 Å². The molecule has 6 heteroatoms. The molecule has 1 fully saturated rings. The predicted molar refractivity (Wildman–Crippen MR) is 49.0 cm³/mol. The molecule has 0 aromatic heterocycles. The topological polar surface area (TPSA) is 96.2 Å². The molecule has 0 unspecified atom stereocenters. The van der Waals surface area contributed by atoms with E-state index in [0.29, 0.717) is 0 Å². The molecule has 1 aliphatic heterocycles. The molecule has 0 aromatic carbocycles. The number of aldehydes is 1. The van der Waals surface area contributed by atoms with Crippen LogP contribution in [0.1, 0.15) is 13.8 Å². The minimum Gasteiger partial charge on any atom is -0.388 e. The highest BCUT2D eigenvalue weighted by atomic mass is 16.7. The lowest BCUT2D eigenvalue weighted by Gasteiger charge is -2.41. The molecule has 3 N–H and O–H groups in total. The van der Waals surface area contributed by atoms with Crippen molar-refractivity contribution in [3.8, 4) is 0 Å². The Hall–Kier alpha value is -0.530. The monoisotopic (exact) mass is 220 g/mol. The van der Waals surface area contributed by atoms with Crippen molar-refractivity contribution in [2.75, 3.05) is 6.61 Å². The summed E-state index contributed by atoms with van der Waals surface area (Å²) >= 11 is 0. The van der Waals surface area contributed by atoms with Gasteiger partial charge in [0.15, 0.2) is 12.1 Å². The molecule has 1 rings (SSSR count). The lowest BCUT2D eigenvalue weighted by Crippen LogP contribution is -2.56. The Balaban J connectivity index is 2.69. The zero-order chi connectivity index (χ0) is 11.6. The molecule has 0 bridgehead atoms. The van der Waals surface area contributed by atoms with Crippen LogP contribution in [-0.2, 0) is 14.3 Å². The highest BCUT2D eigenvalue weighted by Gasteiger charge is 2.41. The number of ether oxygens (including phenoxy) is 2. The van der Waals surface area contributed by atoms with Gasteiger partial charge < -0.3 is 29.6 Å². The van der Waals surface area contributed by atoms with Crippen LogP contribution in [0.3, 0.4) is 0 Å². The summed E-state index contributed by atoms with van der Waals surface area (Å²) < 4.78 is 10.3. The zero-order valence-electron chi connectivity index (χ0n) is 8.66. The van der Waals surface area contributed by atoms with E-state index in [2.05, 4.69) is 0 Å². The minimum atomic E-state index is -1.57. The Kier molecular flexibility index (Phi) is 3.80. The lowest BCUT2D eigenvalue weighted by molar-refractivity contribution is -0.322. The molecule has 0 spiro atoms. The number of aliphatic hydroxyl groups excluding tert-OH is 3. The molecule has 0 saturated carbocycles. The summed E-state index contributed by atoms with van der Waals surface area (Å²) in [7, 11) is 0. The van der Waals surface area contributed by atoms with Gasteiger partial charge >= 0.3 is 0 Å². The smallest absolute Gasteiger partial charge is 0.163 e. The number of hydrogen-bond donors (Lipinski definition) is 3. The quantitative estimate of drug-likeness (QED) is 0.497. The average Bonchev–Trinajstić information content (AvgIpc) is 2.19. The van der Waals surface area contributed by atoms with Gasteiger partial charge in [0.25, 0.3) is 0 Å². The summed E-state index contributed by atoms with van der Waals surface area (Å²) in [5.41, 5.74) is 0. The van der Waals surface area contributed by atoms with E-state index in [1.54, 1.807) is 13.8 Å². The van der Waals surface area contributed by atoms with Crippen LogP contribution in [0.2, 0.25) is 0 Å². The summed E-state index contributed by atoms with van der Waals surface area (Å²) in [4.78, 5) is 10.3. The molecular weight excluding hydrogens is 204 g/mol. The third-order valence-corrected chi connectivity index (χ3v) is 2.23. The van der Waals surface area contributed by atoms with Gasteiger partial charge in [-0.15, -0.1) is 0 Å². The molecular formula is C9H16O6. The number of hydrogen-bond acceptors (Lipinski definition) is 6. The number of carbonyl (C=O) groups excluding carboxylic acids is 1. The van der Waals surface area contributed by atoms with E-state index >= 15 is 0 Å². The molecule has 1 heterocycles. The SMILES string of the molecule is CC1(C)OC[C@@H](O)[C@@H]([C@H](O)[C@@H](O)C=O)O1. The summed E-state index contributed by atoms with van der Waals surface area (Å²) in [5, 5.41) is 28.1. The molecule has 0 amide bonds. The van der Waals surface area contributed by atoms with E-state index in [1.165, 1.54) is 0 Å². The van der Waals surface area contributed by atoms with Crippen molar-refractivity contribution in [1.82, 2.24) is 0 Å². The fraction of sp³-hybridized carbons (Fsp3) is 0.889. The normalized spacial score (nSPS) is 34.5. The van der Waals surface area contributed by atoms with Gasteiger partial charge in [0.05, 0.1) is 6.61 Å². The molecule has 15 heavy (non-hydrogen) atoms. The van der Waals surface area contributed by atoms with Gasteiger partial charge in [0.2, 0.25) is 0 Å². The van der Waals surface area contributed by atoms with Crippen LogP contribution in [0.4, 0.5) is 0 Å². The Morgan fingerprint density at radius 3 is 2.60 bits per heavy atom. The van der Waals surface area contributed by atoms with Gasteiger partial charge in [-0.3, -0.25) is 0 Å². The Morgan fingerprint density at radius 2 is 2.07 bits per heavy atom. The molecule has 88 valence electrons. The second-order valence-corrected chi connectivity index (χ2v) is 3.98. The molecule has 1 aliphatic rings. The first-order valence-electron chi connectivity index (χ1n) is 4.68. The first kappa shape index (κ1) is 12.5. The maximum Gasteiger partial charge on any atom is 0.163 e. The van der Waals surface area contributed by atoms with Gasteiger partial charge in [-0.25, -0.2) is 0 Å². The maximum absolute atomic E-state index is 10.3. The molecule has 6 nitrogen and oxygen atoms in total. The van der Waals surface area contributed by atoms with E-state index in [1.807, 2.05) is 0 Å². The van der Waals surface area contributed by atoms with Crippen molar-refractivity contribution in [3.05, 3.63) is 0 Å². The fourth-order valence-corrected chi connectivity index (χ4v) is 1.39. The average molecular weight is 220 g/mol. The summed E-state index contributed by atoms with van der Waals surface area (Å²) in [5.74, 6) is -0.951. The Bertz CT molecular complexity index is 229. The number of aliphatic hydroxyl groups is 3. The van der Waals surface area contributed by atoms with E-state index in [4.69, 9.17) is 14.6 Å². The van der Waals surface area contributed by atoms with Gasteiger partial charge in [0, 0.05) is 0 Å². The third kappa shape index (κ3) is 2.96. The first-order chi connectivity index (χ1) is 6.87. The first-order valence-corrected chi connectivity index (χ1v) is 4.68.